The number of fused-ring (bicyclic) bond motifs is 1. The lowest BCUT2D eigenvalue weighted by atomic mass is 9.55. The number of furan rings is 1. The van der Waals surface area contributed by atoms with E-state index in [0.717, 1.165) is 48.6 Å². The van der Waals surface area contributed by atoms with Crippen LogP contribution in [0.3, 0.4) is 0 Å². The maximum absolute atomic E-state index is 13.2. The molecular weight excluding hydrogens is 468 g/mol. The first-order valence-electron chi connectivity index (χ1n) is 12.9. The molecule has 0 bridgehead atoms. The van der Waals surface area contributed by atoms with Crippen molar-refractivity contribution in [2.45, 2.75) is 56.6 Å². The fraction of sp³-hybridized carbons (Fsp3) is 0.467. The zero-order valence-electron chi connectivity index (χ0n) is 22.4. The van der Waals surface area contributed by atoms with E-state index in [2.05, 4.69) is 23.6 Å². The molecule has 1 amide bonds. The molecule has 2 aromatic rings. The van der Waals surface area contributed by atoms with Crippen LogP contribution in [0.15, 0.2) is 59.7 Å². The minimum atomic E-state index is -0.712. The number of hydrogen-bond donors (Lipinski definition) is 0. The van der Waals surface area contributed by atoms with Crippen LogP contribution in [0, 0.1) is 6.92 Å². The molecule has 1 saturated carbocycles. The summed E-state index contributed by atoms with van der Waals surface area (Å²) in [6.45, 7) is 9.48. The maximum Gasteiger partial charge on any atom is 0.303 e. The number of methoxy groups -OCH3 is 1. The second kappa shape index (κ2) is 11.0. The Morgan fingerprint density at radius 1 is 1.30 bits per heavy atom. The van der Waals surface area contributed by atoms with Crippen LogP contribution in [0.25, 0.3) is 6.08 Å². The first-order valence-corrected chi connectivity index (χ1v) is 12.9. The highest BCUT2D eigenvalue weighted by Gasteiger charge is 2.61. The molecule has 7 nitrogen and oxygen atoms in total. The second-order valence-electron chi connectivity index (χ2n) is 10.3. The summed E-state index contributed by atoms with van der Waals surface area (Å²) in [5.41, 5.74) is 0.798. The van der Waals surface area contributed by atoms with Gasteiger partial charge in [0.25, 0.3) is 0 Å². The average Bonchev–Trinajstić information content (AvgIpc) is 3.30. The predicted molar refractivity (Wildman–Crippen MR) is 143 cm³/mol. The highest BCUT2D eigenvalue weighted by molar-refractivity contribution is 5.92. The van der Waals surface area contributed by atoms with Gasteiger partial charge in [-0.3, -0.25) is 14.5 Å². The Hall–Kier alpha value is -3.32. The number of ether oxygens (including phenoxy) is 2. The topological polar surface area (TPSA) is 72.2 Å². The molecule has 1 aromatic carbocycles. The van der Waals surface area contributed by atoms with Crippen molar-refractivity contribution in [3.05, 3.63) is 72.2 Å². The van der Waals surface area contributed by atoms with Gasteiger partial charge in [-0.25, -0.2) is 0 Å². The molecule has 1 aliphatic carbocycles. The van der Waals surface area contributed by atoms with E-state index in [0.29, 0.717) is 19.4 Å². The summed E-state index contributed by atoms with van der Waals surface area (Å²) in [6.07, 6.45) is 9.81. The van der Waals surface area contributed by atoms with Crippen LogP contribution >= 0.6 is 0 Å². The Labute approximate surface area is 219 Å². The van der Waals surface area contributed by atoms with Crippen molar-refractivity contribution < 1.29 is 23.5 Å². The summed E-state index contributed by atoms with van der Waals surface area (Å²) in [4.78, 5) is 29.9. The van der Waals surface area contributed by atoms with Crippen molar-refractivity contribution in [3.8, 4) is 5.75 Å². The summed E-state index contributed by atoms with van der Waals surface area (Å²) in [7, 11) is 3.53. The molecule has 0 spiro atoms. The quantitative estimate of drug-likeness (QED) is 0.292. The number of aryl methyl sites for hydroxylation is 1. The van der Waals surface area contributed by atoms with E-state index >= 15 is 0 Å². The number of carbonyl (C=O) groups is 2. The third-order valence-electron chi connectivity index (χ3n) is 8.22. The summed E-state index contributed by atoms with van der Waals surface area (Å²) < 4.78 is 17.2. The molecular formula is C30H38N2O5. The fourth-order valence-corrected chi connectivity index (χ4v) is 6.28. The summed E-state index contributed by atoms with van der Waals surface area (Å²) >= 11 is 0. The first kappa shape index (κ1) is 26.7. The number of hydrogen-bond acceptors (Lipinski definition) is 6. The van der Waals surface area contributed by atoms with Crippen LogP contribution in [0.5, 0.6) is 5.75 Å². The molecule has 7 heteroatoms. The van der Waals surface area contributed by atoms with Crippen molar-refractivity contribution in [2.24, 2.45) is 0 Å². The molecule has 4 rings (SSSR count). The van der Waals surface area contributed by atoms with E-state index in [-0.39, 0.29) is 17.9 Å². The molecule has 3 atom stereocenters. The van der Waals surface area contributed by atoms with Crippen LogP contribution < -0.4 is 4.74 Å². The van der Waals surface area contributed by atoms with Crippen molar-refractivity contribution in [1.29, 1.82) is 0 Å². The Morgan fingerprint density at radius 3 is 2.78 bits per heavy atom. The van der Waals surface area contributed by atoms with Crippen molar-refractivity contribution in [3.63, 3.8) is 0 Å². The van der Waals surface area contributed by atoms with Gasteiger partial charge in [0.05, 0.1) is 13.4 Å². The van der Waals surface area contributed by atoms with E-state index in [9.17, 15) is 9.59 Å². The number of piperidine rings is 1. The zero-order valence-corrected chi connectivity index (χ0v) is 22.4. The number of nitrogens with zero attached hydrogens (tertiary/aromatic N) is 2. The summed E-state index contributed by atoms with van der Waals surface area (Å²) in [6, 6.07) is 9.93. The lowest BCUT2D eigenvalue weighted by molar-refractivity contribution is -0.189. The van der Waals surface area contributed by atoms with Gasteiger partial charge in [-0.15, -0.1) is 6.58 Å². The number of benzene rings is 1. The van der Waals surface area contributed by atoms with Gasteiger partial charge in [-0.1, -0.05) is 18.2 Å². The fourth-order valence-electron chi connectivity index (χ4n) is 6.28. The molecule has 1 aromatic heterocycles. The minimum Gasteiger partial charge on any atom is -0.497 e. The normalized spacial score (nSPS) is 25.9. The Bertz CT molecular complexity index is 1170. The molecule has 1 saturated heterocycles. The standard InChI is InChI=1S/C30H38N2O5/c1-6-16-32-17-15-29(25-8-7-9-27(19-25)35-5)20-26(12-14-30(29,21-32)37-23(3)33)31(4)28(34)11-10-24-13-18-36-22(24)2/h6-11,13,18-19,26H,1,12,14-17,20-21H2,2-5H3/b11-10+/t26-,29-,30-/m0/s1. The number of rotatable bonds is 8. The van der Waals surface area contributed by atoms with Gasteiger partial charge in [-0.05, 0) is 69.0 Å². The van der Waals surface area contributed by atoms with Crippen LogP contribution in [0.2, 0.25) is 0 Å². The van der Waals surface area contributed by atoms with Gasteiger partial charge in [0.2, 0.25) is 5.91 Å². The Balaban J connectivity index is 1.70. The smallest absolute Gasteiger partial charge is 0.303 e. The molecule has 2 aliphatic rings. The van der Waals surface area contributed by atoms with Crippen molar-refractivity contribution in [1.82, 2.24) is 9.80 Å². The molecule has 198 valence electrons. The van der Waals surface area contributed by atoms with Gasteiger partial charge >= 0.3 is 5.97 Å². The predicted octanol–water partition coefficient (Wildman–Crippen LogP) is 4.75. The van der Waals surface area contributed by atoms with E-state index < -0.39 is 11.0 Å². The summed E-state index contributed by atoms with van der Waals surface area (Å²) in [5, 5.41) is 0. The number of amides is 1. The number of likely N-dealkylation sites (tertiary alicyclic amines) is 1. The largest absolute Gasteiger partial charge is 0.497 e. The van der Waals surface area contributed by atoms with Crippen LogP contribution in [-0.2, 0) is 19.7 Å². The third-order valence-corrected chi connectivity index (χ3v) is 8.22. The van der Waals surface area contributed by atoms with E-state index in [4.69, 9.17) is 13.9 Å². The van der Waals surface area contributed by atoms with Gasteiger partial charge in [0.1, 0.15) is 17.1 Å². The molecule has 0 radical (unpaired) electrons. The number of carbonyl (C=O) groups excluding carboxylic acids is 2. The lowest BCUT2D eigenvalue weighted by Gasteiger charge is -2.60. The van der Waals surface area contributed by atoms with E-state index in [1.165, 1.54) is 6.92 Å². The Morgan fingerprint density at radius 2 is 2.11 bits per heavy atom. The van der Waals surface area contributed by atoms with Crippen LogP contribution in [0.4, 0.5) is 0 Å². The Kier molecular flexibility index (Phi) is 7.93. The number of likely N-dealkylation sites (N-methyl/N-ethyl adjacent to an activating group) is 1. The molecule has 37 heavy (non-hydrogen) atoms. The third kappa shape index (κ3) is 5.23. The summed E-state index contributed by atoms with van der Waals surface area (Å²) in [5.74, 6) is 1.20. The highest BCUT2D eigenvalue weighted by atomic mass is 16.6. The number of esters is 1. The zero-order chi connectivity index (χ0) is 26.6. The maximum atomic E-state index is 13.2. The average molecular weight is 507 g/mol. The SMILES string of the molecule is C=CCN1CC[C@@]2(c3cccc(OC)c3)C[C@@H](N(C)C(=O)/C=C/c3ccoc3C)CC[C@]2(OC(C)=O)C1. The van der Waals surface area contributed by atoms with Crippen molar-refractivity contribution >= 4 is 18.0 Å². The molecule has 1 aliphatic heterocycles. The van der Waals surface area contributed by atoms with E-state index in [1.54, 1.807) is 25.5 Å². The van der Waals surface area contributed by atoms with Gasteiger partial charge in [0, 0.05) is 50.2 Å². The lowest BCUT2D eigenvalue weighted by Crippen LogP contribution is -2.68. The van der Waals surface area contributed by atoms with Gasteiger partial charge < -0.3 is 18.8 Å². The highest BCUT2D eigenvalue weighted by Crippen LogP contribution is 2.54. The molecule has 0 unspecified atom stereocenters. The second-order valence-corrected chi connectivity index (χ2v) is 10.3. The monoisotopic (exact) mass is 506 g/mol. The van der Waals surface area contributed by atoms with Gasteiger partial charge in [0.15, 0.2) is 0 Å². The van der Waals surface area contributed by atoms with Gasteiger partial charge in [-0.2, -0.15) is 0 Å². The van der Waals surface area contributed by atoms with Crippen molar-refractivity contribution in [2.75, 3.05) is 33.8 Å². The molecule has 2 heterocycles. The first-order chi connectivity index (χ1) is 17.7. The molecule has 0 N–H and O–H groups in total. The molecule has 2 fully saturated rings. The minimum absolute atomic E-state index is 0.0107. The van der Waals surface area contributed by atoms with E-state index in [1.807, 2.05) is 43.1 Å². The van der Waals surface area contributed by atoms with Crippen LogP contribution in [-0.4, -0.2) is 67.1 Å². The van der Waals surface area contributed by atoms with Crippen LogP contribution in [0.1, 0.15) is 49.5 Å².